The van der Waals surface area contributed by atoms with Gasteiger partial charge in [-0.2, -0.15) is 5.26 Å². The third-order valence-corrected chi connectivity index (χ3v) is 10.7. The number of aromatic nitrogens is 1. The maximum Gasteiger partial charge on any atom is 0.345 e. The SMILES string of the molecule is CC(=O)O[C@H]1CC[C@]2(C)C3[C@@H](O)c4c(cc(-c5cccnc5)oc4=O)O[C@]3(C)[C@@H](OC(=O)c3ccc(C#N)cc3)CC2[C@]1(C)C(=O)O. The lowest BCUT2D eigenvalue weighted by molar-refractivity contribution is -0.261. The monoisotopic (exact) mass is 642 g/mol. The predicted octanol–water partition coefficient (Wildman–Crippen LogP) is 4.44. The van der Waals surface area contributed by atoms with E-state index >= 15 is 0 Å². The molecule has 0 amide bonds. The maximum atomic E-state index is 13.6. The van der Waals surface area contributed by atoms with Gasteiger partial charge in [0, 0.05) is 36.9 Å². The molecule has 0 saturated heterocycles. The highest BCUT2D eigenvalue weighted by Gasteiger charge is 2.72. The van der Waals surface area contributed by atoms with Crippen molar-refractivity contribution < 1.29 is 43.2 Å². The summed E-state index contributed by atoms with van der Waals surface area (Å²) in [7, 11) is 0. The number of hydrogen-bond donors (Lipinski definition) is 2. The number of rotatable bonds is 5. The van der Waals surface area contributed by atoms with E-state index in [1.807, 2.05) is 13.0 Å². The van der Waals surface area contributed by atoms with Crippen LogP contribution in [0.4, 0.5) is 0 Å². The van der Waals surface area contributed by atoms with E-state index in [1.165, 1.54) is 50.4 Å². The second kappa shape index (κ2) is 11.3. The van der Waals surface area contributed by atoms with Gasteiger partial charge < -0.3 is 28.8 Å². The quantitative estimate of drug-likeness (QED) is 0.373. The number of nitrogens with zero attached hydrogens (tertiary/aromatic N) is 2. The van der Waals surface area contributed by atoms with Gasteiger partial charge in [0.25, 0.3) is 0 Å². The van der Waals surface area contributed by atoms with Crippen LogP contribution in [0.3, 0.4) is 0 Å². The van der Waals surface area contributed by atoms with Crippen molar-refractivity contribution in [2.24, 2.45) is 22.7 Å². The van der Waals surface area contributed by atoms with Crippen LogP contribution in [0.5, 0.6) is 5.75 Å². The number of pyridine rings is 1. The van der Waals surface area contributed by atoms with E-state index in [4.69, 9.17) is 18.6 Å². The first-order valence-electron chi connectivity index (χ1n) is 15.3. The molecular weight excluding hydrogens is 608 g/mol. The molecule has 244 valence electrons. The highest BCUT2D eigenvalue weighted by Crippen LogP contribution is 2.67. The summed E-state index contributed by atoms with van der Waals surface area (Å²) < 4.78 is 24.0. The number of aliphatic carboxylic acids is 1. The predicted molar refractivity (Wildman–Crippen MR) is 163 cm³/mol. The van der Waals surface area contributed by atoms with Crippen LogP contribution in [0, 0.1) is 34.0 Å². The van der Waals surface area contributed by atoms with Crippen LogP contribution in [-0.2, 0) is 19.1 Å². The van der Waals surface area contributed by atoms with Gasteiger partial charge in [-0.3, -0.25) is 14.6 Å². The molecule has 12 heteroatoms. The summed E-state index contributed by atoms with van der Waals surface area (Å²) in [6, 6.07) is 12.7. The standard InChI is InChI=1S/C35H34N2O10/c1-18(38)44-25-11-12-33(2)24(34(25,3)32(42)43)15-26(46-30(40)20-9-7-19(16-36)8-10-20)35(4)29(33)28(39)27-23(47-35)14-22(45-31(27)41)21-6-5-13-37-17-21/h5-10,13-14,17,24-26,28-29,39H,11-12,15H2,1-4H3,(H,42,43)/t24?,25-,26-,28-,29?,33-,34-,35+/m0/s1. The smallest absolute Gasteiger partial charge is 0.345 e. The normalized spacial score (nSPS) is 32.3. The van der Waals surface area contributed by atoms with Crippen LogP contribution in [-0.4, -0.2) is 50.9 Å². The molecule has 2 unspecified atom stereocenters. The number of carbonyl (C=O) groups is 3. The van der Waals surface area contributed by atoms with Gasteiger partial charge in [0.15, 0.2) is 0 Å². The molecule has 1 aromatic carbocycles. The molecule has 12 nitrogen and oxygen atoms in total. The van der Waals surface area contributed by atoms with E-state index < -0.39 is 70.1 Å². The van der Waals surface area contributed by atoms with Crippen molar-refractivity contribution in [2.75, 3.05) is 0 Å². The second-order valence-electron chi connectivity index (χ2n) is 13.2. The van der Waals surface area contributed by atoms with Gasteiger partial charge in [-0.05, 0) is 80.8 Å². The summed E-state index contributed by atoms with van der Waals surface area (Å²) in [5.74, 6) is -4.18. The molecule has 3 aliphatic rings. The van der Waals surface area contributed by atoms with E-state index in [0.717, 1.165) is 0 Å². The molecule has 3 aromatic rings. The minimum Gasteiger partial charge on any atom is -0.482 e. The Morgan fingerprint density at radius 2 is 1.81 bits per heavy atom. The van der Waals surface area contributed by atoms with E-state index in [2.05, 4.69) is 4.98 Å². The molecule has 8 atom stereocenters. The van der Waals surface area contributed by atoms with Crippen LogP contribution >= 0.6 is 0 Å². The highest BCUT2D eigenvalue weighted by atomic mass is 16.6. The summed E-state index contributed by atoms with van der Waals surface area (Å²) >= 11 is 0. The molecule has 2 N–H and O–H groups in total. The lowest BCUT2D eigenvalue weighted by Gasteiger charge is -2.65. The molecule has 2 aliphatic carbocycles. The van der Waals surface area contributed by atoms with Crippen LogP contribution in [0.2, 0.25) is 0 Å². The van der Waals surface area contributed by atoms with Gasteiger partial charge in [-0.15, -0.1) is 0 Å². The molecule has 47 heavy (non-hydrogen) atoms. The lowest BCUT2D eigenvalue weighted by atomic mass is 9.42. The zero-order valence-electron chi connectivity index (χ0n) is 26.3. The van der Waals surface area contributed by atoms with Gasteiger partial charge in [0.05, 0.1) is 23.3 Å². The lowest BCUT2D eigenvalue weighted by Crippen LogP contribution is -2.71. The van der Waals surface area contributed by atoms with Gasteiger partial charge >= 0.3 is 23.5 Å². The number of aliphatic hydroxyl groups is 1. The zero-order valence-corrected chi connectivity index (χ0v) is 26.3. The molecular formula is C35H34N2O10. The molecule has 2 saturated carbocycles. The van der Waals surface area contributed by atoms with Crippen molar-refractivity contribution in [3.63, 3.8) is 0 Å². The number of fused-ring (bicyclic) bond motifs is 4. The van der Waals surface area contributed by atoms with Crippen LogP contribution in [0.15, 0.2) is 64.1 Å². The Morgan fingerprint density at radius 1 is 1.09 bits per heavy atom. The number of ether oxygens (including phenoxy) is 3. The Labute approximate surface area is 269 Å². The number of aliphatic hydroxyl groups excluding tert-OH is 1. The summed E-state index contributed by atoms with van der Waals surface area (Å²) in [6.07, 6.45) is -0.108. The molecule has 0 radical (unpaired) electrons. The Morgan fingerprint density at radius 3 is 2.43 bits per heavy atom. The summed E-state index contributed by atoms with van der Waals surface area (Å²) in [6.45, 7) is 6.25. The van der Waals surface area contributed by atoms with Crippen molar-refractivity contribution in [1.29, 1.82) is 5.26 Å². The van der Waals surface area contributed by atoms with Crippen molar-refractivity contribution in [1.82, 2.24) is 4.98 Å². The average molecular weight is 643 g/mol. The third-order valence-electron chi connectivity index (χ3n) is 10.7. The molecule has 0 spiro atoms. The van der Waals surface area contributed by atoms with Crippen molar-refractivity contribution >= 4 is 17.9 Å². The number of hydrogen-bond acceptors (Lipinski definition) is 11. The van der Waals surface area contributed by atoms with Crippen LogP contribution in [0.1, 0.15) is 74.5 Å². The largest absolute Gasteiger partial charge is 0.482 e. The Kier molecular flexibility index (Phi) is 7.71. The van der Waals surface area contributed by atoms with Crippen molar-refractivity contribution in [3.05, 3.63) is 82.0 Å². The maximum absolute atomic E-state index is 13.6. The molecule has 1 aliphatic heterocycles. The number of nitriles is 1. The molecule has 3 heterocycles. The zero-order chi connectivity index (χ0) is 33.9. The summed E-state index contributed by atoms with van der Waals surface area (Å²) in [5.41, 5.74) is -4.10. The van der Waals surface area contributed by atoms with Gasteiger partial charge in [-0.25, -0.2) is 9.59 Å². The number of benzene rings is 1. The number of carbonyl (C=O) groups excluding carboxylic acids is 2. The van der Waals surface area contributed by atoms with Crippen molar-refractivity contribution in [3.8, 4) is 23.1 Å². The van der Waals surface area contributed by atoms with Gasteiger partial charge in [0.2, 0.25) is 0 Å². The van der Waals surface area contributed by atoms with Crippen molar-refractivity contribution in [2.45, 2.75) is 70.9 Å². The molecule has 6 rings (SSSR count). The number of esters is 2. The topological polar surface area (TPSA) is 186 Å². The minimum atomic E-state index is -1.66. The van der Waals surface area contributed by atoms with E-state index in [-0.39, 0.29) is 35.5 Å². The second-order valence-corrected chi connectivity index (χ2v) is 13.2. The van der Waals surface area contributed by atoms with Gasteiger partial charge in [0.1, 0.15) is 40.3 Å². The van der Waals surface area contributed by atoms with Crippen LogP contribution < -0.4 is 10.4 Å². The van der Waals surface area contributed by atoms with Gasteiger partial charge in [-0.1, -0.05) is 6.92 Å². The van der Waals surface area contributed by atoms with E-state index in [0.29, 0.717) is 17.5 Å². The van der Waals surface area contributed by atoms with E-state index in [9.17, 15) is 34.7 Å². The minimum absolute atomic E-state index is 0.0228. The molecule has 2 aromatic heterocycles. The number of carboxylic acids is 1. The number of carboxylic acid groups (broad SMARTS) is 1. The van der Waals surface area contributed by atoms with E-state index in [1.54, 1.807) is 25.3 Å². The Balaban J connectivity index is 1.51. The first-order chi connectivity index (χ1) is 22.2. The third kappa shape index (κ3) is 4.97. The fourth-order valence-electron chi connectivity index (χ4n) is 8.42. The first-order valence-corrected chi connectivity index (χ1v) is 15.3. The Bertz CT molecular complexity index is 1850. The summed E-state index contributed by atoms with van der Waals surface area (Å²) in [4.78, 5) is 56.5. The highest BCUT2D eigenvalue weighted by molar-refractivity contribution is 5.89. The average Bonchev–Trinajstić information content (AvgIpc) is 3.03. The van der Waals surface area contributed by atoms with Crippen LogP contribution in [0.25, 0.3) is 11.3 Å². The fourth-order valence-corrected chi connectivity index (χ4v) is 8.42. The molecule has 0 bridgehead atoms. The summed E-state index contributed by atoms with van der Waals surface area (Å²) in [5, 5.41) is 32.1. The fraction of sp³-hybridized carbons (Fsp3) is 0.429. The Hall–Kier alpha value is -5.02. The molecule has 2 fully saturated rings. The first kappa shape index (κ1) is 31.9.